The van der Waals surface area contributed by atoms with E-state index in [2.05, 4.69) is 10.6 Å². The zero-order chi connectivity index (χ0) is 15.2. The molecule has 2 rings (SSSR count). The molecule has 0 aliphatic heterocycles. The Morgan fingerprint density at radius 2 is 2.19 bits per heavy atom. The second-order valence-corrected chi connectivity index (χ2v) is 6.24. The summed E-state index contributed by atoms with van der Waals surface area (Å²) in [6, 6.07) is 5.56. The molecule has 0 unspecified atom stereocenters. The number of aryl methyl sites for hydroxylation is 1. The first-order valence-corrected chi connectivity index (χ1v) is 7.87. The summed E-state index contributed by atoms with van der Waals surface area (Å²) in [5.41, 5.74) is 2.03. The van der Waals surface area contributed by atoms with E-state index in [4.69, 9.17) is 11.6 Å². The van der Waals surface area contributed by atoms with Gasteiger partial charge in [-0.15, -0.1) is 0 Å². The van der Waals surface area contributed by atoms with Gasteiger partial charge in [-0.3, -0.25) is 0 Å². The molecule has 1 aliphatic rings. The van der Waals surface area contributed by atoms with Crippen molar-refractivity contribution in [2.24, 2.45) is 5.92 Å². The van der Waals surface area contributed by atoms with Crippen molar-refractivity contribution in [2.45, 2.75) is 45.3 Å². The topological polar surface area (TPSA) is 61.4 Å². The van der Waals surface area contributed by atoms with E-state index >= 15 is 0 Å². The third-order valence-electron chi connectivity index (χ3n) is 3.98. The van der Waals surface area contributed by atoms with Crippen LogP contribution in [0.15, 0.2) is 18.2 Å². The SMILES string of the molecule is Cc1cc(CNC(=O)NC[C@@H]2CCC[C@@H](O)C2)ccc1Cl. The molecule has 1 aromatic rings. The number of hydrogen-bond donors (Lipinski definition) is 3. The highest BCUT2D eigenvalue weighted by Gasteiger charge is 2.20. The van der Waals surface area contributed by atoms with Crippen molar-refractivity contribution in [3.05, 3.63) is 34.3 Å². The van der Waals surface area contributed by atoms with Crippen LogP contribution in [0.25, 0.3) is 0 Å². The van der Waals surface area contributed by atoms with Crippen LogP contribution < -0.4 is 10.6 Å². The van der Waals surface area contributed by atoms with Crippen LogP contribution >= 0.6 is 11.6 Å². The maximum absolute atomic E-state index is 11.8. The minimum Gasteiger partial charge on any atom is -0.393 e. The number of aliphatic hydroxyl groups is 1. The maximum atomic E-state index is 11.8. The second-order valence-electron chi connectivity index (χ2n) is 5.83. The van der Waals surface area contributed by atoms with Crippen molar-refractivity contribution in [1.29, 1.82) is 0 Å². The molecule has 0 radical (unpaired) electrons. The van der Waals surface area contributed by atoms with Gasteiger partial charge in [-0.05, 0) is 49.3 Å². The lowest BCUT2D eigenvalue weighted by Crippen LogP contribution is -2.39. The van der Waals surface area contributed by atoms with Crippen LogP contribution in [0.3, 0.4) is 0 Å². The number of rotatable bonds is 4. The van der Waals surface area contributed by atoms with E-state index in [-0.39, 0.29) is 12.1 Å². The molecule has 0 saturated heterocycles. The number of benzene rings is 1. The number of amides is 2. The first-order valence-electron chi connectivity index (χ1n) is 7.49. The Kier molecular flexibility index (Phi) is 5.88. The Bertz CT molecular complexity index is 493. The molecule has 0 heterocycles. The number of nitrogens with one attached hydrogen (secondary N) is 2. The molecule has 3 N–H and O–H groups in total. The zero-order valence-corrected chi connectivity index (χ0v) is 13.1. The molecular weight excluding hydrogens is 288 g/mol. The summed E-state index contributed by atoms with van der Waals surface area (Å²) in [5.74, 6) is 0.386. The summed E-state index contributed by atoms with van der Waals surface area (Å²) in [4.78, 5) is 11.8. The number of hydrogen-bond acceptors (Lipinski definition) is 2. The third-order valence-corrected chi connectivity index (χ3v) is 4.41. The molecule has 4 nitrogen and oxygen atoms in total. The lowest BCUT2D eigenvalue weighted by Gasteiger charge is -2.25. The smallest absolute Gasteiger partial charge is 0.315 e. The summed E-state index contributed by atoms with van der Waals surface area (Å²) >= 11 is 5.97. The lowest BCUT2D eigenvalue weighted by atomic mass is 9.87. The molecule has 2 atom stereocenters. The Morgan fingerprint density at radius 3 is 2.90 bits per heavy atom. The average molecular weight is 311 g/mol. The summed E-state index contributed by atoms with van der Waals surface area (Å²) in [6.07, 6.45) is 3.59. The van der Waals surface area contributed by atoms with Gasteiger partial charge >= 0.3 is 6.03 Å². The van der Waals surface area contributed by atoms with Gasteiger partial charge in [0.15, 0.2) is 0 Å². The monoisotopic (exact) mass is 310 g/mol. The minimum absolute atomic E-state index is 0.164. The van der Waals surface area contributed by atoms with Crippen LogP contribution in [-0.2, 0) is 6.54 Å². The Hall–Kier alpha value is -1.26. The van der Waals surface area contributed by atoms with Crippen molar-refractivity contribution in [1.82, 2.24) is 10.6 Å². The molecular formula is C16H23ClN2O2. The van der Waals surface area contributed by atoms with Crippen LogP contribution in [0.2, 0.25) is 5.02 Å². The van der Waals surface area contributed by atoms with Gasteiger partial charge < -0.3 is 15.7 Å². The third kappa shape index (κ3) is 5.21. The van der Waals surface area contributed by atoms with Crippen molar-refractivity contribution >= 4 is 17.6 Å². The van der Waals surface area contributed by atoms with Crippen LogP contribution in [0.5, 0.6) is 0 Å². The quantitative estimate of drug-likeness (QED) is 0.800. The minimum atomic E-state index is -0.203. The number of carbonyl (C=O) groups is 1. The summed E-state index contributed by atoms with van der Waals surface area (Å²) in [5, 5.41) is 16.1. The largest absolute Gasteiger partial charge is 0.393 e. The molecule has 0 bridgehead atoms. The fourth-order valence-corrected chi connectivity index (χ4v) is 2.86. The van der Waals surface area contributed by atoms with Gasteiger partial charge in [0, 0.05) is 18.1 Å². The van der Waals surface area contributed by atoms with Gasteiger partial charge in [-0.25, -0.2) is 4.79 Å². The van der Waals surface area contributed by atoms with Gasteiger partial charge in [0.2, 0.25) is 0 Å². The molecule has 0 spiro atoms. The van der Waals surface area contributed by atoms with Crippen LogP contribution in [0.4, 0.5) is 4.79 Å². The highest BCUT2D eigenvalue weighted by atomic mass is 35.5. The summed E-state index contributed by atoms with van der Waals surface area (Å²) in [6.45, 7) is 3.06. The molecule has 1 fully saturated rings. The van der Waals surface area contributed by atoms with Crippen molar-refractivity contribution < 1.29 is 9.90 Å². The number of urea groups is 1. The fraction of sp³-hybridized carbons (Fsp3) is 0.562. The Balaban J connectivity index is 1.70. The summed E-state index contributed by atoms with van der Waals surface area (Å²) < 4.78 is 0. The van der Waals surface area contributed by atoms with Crippen LogP contribution in [0.1, 0.15) is 36.8 Å². The molecule has 116 valence electrons. The van der Waals surface area contributed by atoms with E-state index in [0.717, 1.165) is 41.8 Å². The maximum Gasteiger partial charge on any atom is 0.315 e. The molecule has 1 aromatic carbocycles. The van der Waals surface area contributed by atoms with Gasteiger partial charge in [-0.2, -0.15) is 0 Å². The average Bonchev–Trinajstić information content (AvgIpc) is 2.46. The molecule has 2 amide bonds. The lowest BCUT2D eigenvalue weighted by molar-refractivity contribution is 0.101. The molecule has 1 saturated carbocycles. The Morgan fingerprint density at radius 1 is 1.38 bits per heavy atom. The molecule has 5 heteroatoms. The van der Waals surface area contributed by atoms with Gasteiger partial charge in [0.1, 0.15) is 0 Å². The van der Waals surface area contributed by atoms with Gasteiger partial charge in [-0.1, -0.05) is 30.2 Å². The van der Waals surface area contributed by atoms with E-state index in [1.807, 2.05) is 25.1 Å². The predicted molar refractivity (Wildman–Crippen MR) is 84.4 cm³/mol. The molecule has 1 aliphatic carbocycles. The molecule has 21 heavy (non-hydrogen) atoms. The van der Waals surface area contributed by atoms with Crippen molar-refractivity contribution in [3.63, 3.8) is 0 Å². The van der Waals surface area contributed by atoms with Crippen molar-refractivity contribution in [3.8, 4) is 0 Å². The second kappa shape index (κ2) is 7.66. The molecule has 0 aromatic heterocycles. The first kappa shape index (κ1) is 16.1. The highest BCUT2D eigenvalue weighted by molar-refractivity contribution is 6.31. The van der Waals surface area contributed by atoms with E-state index in [1.165, 1.54) is 0 Å². The standard InChI is InChI=1S/C16H23ClN2O2/c1-11-7-13(5-6-15(11)17)10-19-16(21)18-9-12-3-2-4-14(20)8-12/h5-7,12,14,20H,2-4,8-10H2,1H3,(H2,18,19,21)/t12-,14-/m1/s1. The summed E-state index contributed by atoms with van der Waals surface area (Å²) in [7, 11) is 0. The Labute approximate surface area is 130 Å². The fourth-order valence-electron chi connectivity index (χ4n) is 2.75. The number of aliphatic hydroxyl groups excluding tert-OH is 1. The van der Waals surface area contributed by atoms with Gasteiger partial charge in [0.25, 0.3) is 0 Å². The van der Waals surface area contributed by atoms with Crippen LogP contribution in [0, 0.1) is 12.8 Å². The van der Waals surface area contributed by atoms with E-state index < -0.39 is 0 Å². The zero-order valence-electron chi connectivity index (χ0n) is 12.4. The van der Waals surface area contributed by atoms with E-state index in [1.54, 1.807) is 0 Å². The van der Waals surface area contributed by atoms with E-state index in [9.17, 15) is 9.90 Å². The first-order chi connectivity index (χ1) is 10.0. The number of halogens is 1. The van der Waals surface area contributed by atoms with E-state index in [0.29, 0.717) is 19.0 Å². The van der Waals surface area contributed by atoms with Crippen molar-refractivity contribution in [2.75, 3.05) is 6.54 Å². The predicted octanol–water partition coefficient (Wildman–Crippen LogP) is 3.00. The normalized spacial score (nSPS) is 21.9. The van der Waals surface area contributed by atoms with Gasteiger partial charge in [0.05, 0.1) is 6.10 Å². The number of carbonyl (C=O) groups excluding carboxylic acids is 1. The highest BCUT2D eigenvalue weighted by Crippen LogP contribution is 2.23. The van der Waals surface area contributed by atoms with Crippen LogP contribution in [-0.4, -0.2) is 23.8 Å².